The molecule has 3 aromatic rings. The van der Waals surface area contributed by atoms with Crippen molar-refractivity contribution in [2.45, 2.75) is 6.54 Å². The van der Waals surface area contributed by atoms with Crippen LogP contribution in [0.25, 0.3) is 10.6 Å². The van der Waals surface area contributed by atoms with Gasteiger partial charge in [-0.25, -0.2) is 4.79 Å². The lowest BCUT2D eigenvalue weighted by Gasteiger charge is -2.00. The first-order valence-electron chi connectivity index (χ1n) is 6.22. The SMILES string of the molecule is O=C(O)c1cn(Cc2ccccc2)nc1-c1cc(Br)cs1. The lowest BCUT2D eigenvalue weighted by molar-refractivity contribution is 0.0697. The number of carboxylic acids is 1. The van der Waals surface area contributed by atoms with E-state index >= 15 is 0 Å². The molecule has 0 fully saturated rings. The zero-order chi connectivity index (χ0) is 14.8. The quantitative estimate of drug-likeness (QED) is 0.759. The molecule has 0 unspecified atom stereocenters. The van der Waals surface area contributed by atoms with E-state index in [0.717, 1.165) is 14.9 Å². The Morgan fingerprint density at radius 3 is 2.71 bits per heavy atom. The van der Waals surface area contributed by atoms with Crippen molar-refractivity contribution in [3.63, 3.8) is 0 Å². The Balaban J connectivity index is 1.99. The number of hydrogen-bond acceptors (Lipinski definition) is 3. The fourth-order valence-corrected chi connectivity index (χ4v) is 3.47. The molecule has 0 radical (unpaired) electrons. The normalized spacial score (nSPS) is 10.7. The van der Waals surface area contributed by atoms with Crippen LogP contribution in [0.3, 0.4) is 0 Å². The van der Waals surface area contributed by atoms with E-state index in [1.54, 1.807) is 10.9 Å². The molecule has 0 saturated carbocycles. The smallest absolute Gasteiger partial charge is 0.339 e. The Morgan fingerprint density at radius 1 is 1.33 bits per heavy atom. The predicted octanol–water partition coefficient (Wildman–Crippen LogP) is 4.12. The molecular formula is C15H11BrN2O2S. The summed E-state index contributed by atoms with van der Waals surface area (Å²) in [5.41, 5.74) is 1.81. The summed E-state index contributed by atoms with van der Waals surface area (Å²) in [6, 6.07) is 11.7. The van der Waals surface area contributed by atoms with Gasteiger partial charge in [-0.2, -0.15) is 5.10 Å². The van der Waals surface area contributed by atoms with Crippen molar-refractivity contribution >= 4 is 33.2 Å². The van der Waals surface area contributed by atoms with E-state index in [1.807, 2.05) is 41.8 Å². The topological polar surface area (TPSA) is 55.1 Å². The first kappa shape index (κ1) is 14.0. The molecule has 2 heterocycles. The van der Waals surface area contributed by atoms with Gasteiger partial charge in [0.05, 0.1) is 11.4 Å². The van der Waals surface area contributed by atoms with Crippen molar-refractivity contribution in [1.29, 1.82) is 0 Å². The minimum absolute atomic E-state index is 0.222. The first-order valence-corrected chi connectivity index (χ1v) is 7.90. The second kappa shape index (κ2) is 5.83. The zero-order valence-corrected chi connectivity index (χ0v) is 13.3. The summed E-state index contributed by atoms with van der Waals surface area (Å²) in [6.07, 6.45) is 1.58. The molecular weight excluding hydrogens is 352 g/mol. The van der Waals surface area contributed by atoms with E-state index in [0.29, 0.717) is 12.2 Å². The Bertz CT molecular complexity index is 780. The first-order chi connectivity index (χ1) is 10.1. The lowest BCUT2D eigenvalue weighted by atomic mass is 10.2. The van der Waals surface area contributed by atoms with Crippen LogP contribution in [0, 0.1) is 0 Å². The highest BCUT2D eigenvalue weighted by molar-refractivity contribution is 9.10. The number of aromatic carboxylic acids is 1. The molecule has 3 rings (SSSR count). The summed E-state index contributed by atoms with van der Waals surface area (Å²) in [5, 5.41) is 15.7. The lowest BCUT2D eigenvalue weighted by Crippen LogP contribution is -2.00. The Kier molecular flexibility index (Phi) is 3.90. The van der Waals surface area contributed by atoms with Crippen LogP contribution in [0.1, 0.15) is 15.9 Å². The molecule has 4 nitrogen and oxygen atoms in total. The minimum atomic E-state index is -0.964. The van der Waals surface area contributed by atoms with Crippen LogP contribution >= 0.6 is 27.3 Å². The van der Waals surface area contributed by atoms with E-state index in [4.69, 9.17) is 0 Å². The van der Waals surface area contributed by atoms with Crippen molar-refractivity contribution in [1.82, 2.24) is 9.78 Å². The number of carbonyl (C=O) groups is 1. The van der Waals surface area contributed by atoms with Crippen molar-refractivity contribution in [2.75, 3.05) is 0 Å². The Morgan fingerprint density at radius 2 is 2.10 bits per heavy atom. The van der Waals surface area contributed by atoms with E-state index in [9.17, 15) is 9.90 Å². The van der Waals surface area contributed by atoms with Gasteiger partial charge in [-0.3, -0.25) is 4.68 Å². The number of nitrogens with zero attached hydrogens (tertiary/aromatic N) is 2. The van der Waals surface area contributed by atoms with Crippen molar-refractivity contribution < 1.29 is 9.90 Å². The zero-order valence-electron chi connectivity index (χ0n) is 10.9. The number of hydrogen-bond donors (Lipinski definition) is 1. The van der Waals surface area contributed by atoms with Crippen LogP contribution in [-0.2, 0) is 6.54 Å². The van der Waals surface area contributed by atoms with Crippen molar-refractivity contribution in [3.8, 4) is 10.6 Å². The maximum atomic E-state index is 11.4. The summed E-state index contributed by atoms with van der Waals surface area (Å²) < 4.78 is 2.60. The summed E-state index contributed by atoms with van der Waals surface area (Å²) in [5.74, 6) is -0.964. The van der Waals surface area contributed by atoms with Gasteiger partial charge in [-0.05, 0) is 27.6 Å². The van der Waals surface area contributed by atoms with Crippen LogP contribution < -0.4 is 0 Å². The van der Waals surface area contributed by atoms with Gasteiger partial charge in [0.1, 0.15) is 11.3 Å². The maximum absolute atomic E-state index is 11.4. The largest absolute Gasteiger partial charge is 0.478 e. The third kappa shape index (κ3) is 3.06. The van der Waals surface area contributed by atoms with Gasteiger partial charge in [0.2, 0.25) is 0 Å². The monoisotopic (exact) mass is 362 g/mol. The number of benzene rings is 1. The summed E-state index contributed by atoms with van der Waals surface area (Å²) in [6.45, 7) is 0.549. The number of thiophene rings is 1. The van der Waals surface area contributed by atoms with Crippen molar-refractivity contribution in [2.24, 2.45) is 0 Å². The van der Waals surface area contributed by atoms with E-state index in [2.05, 4.69) is 21.0 Å². The third-order valence-electron chi connectivity index (χ3n) is 2.98. The van der Waals surface area contributed by atoms with Gasteiger partial charge >= 0.3 is 5.97 Å². The summed E-state index contributed by atoms with van der Waals surface area (Å²) in [7, 11) is 0. The molecule has 6 heteroatoms. The van der Waals surface area contributed by atoms with Crippen LogP contribution in [0.2, 0.25) is 0 Å². The molecule has 0 amide bonds. The van der Waals surface area contributed by atoms with E-state index in [1.165, 1.54) is 11.3 Å². The van der Waals surface area contributed by atoms with Gasteiger partial charge in [-0.1, -0.05) is 30.3 Å². The van der Waals surface area contributed by atoms with Gasteiger partial charge < -0.3 is 5.11 Å². The molecule has 0 aliphatic heterocycles. The van der Waals surface area contributed by atoms with Crippen LogP contribution in [-0.4, -0.2) is 20.9 Å². The van der Waals surface area contributed by atoms with Gasteiger partial charge in [0.15, 0.2) is 0 Å². The van der Waals surface area contributed by atoms with Gasteiger partial charge in [0.25, 0.3) is 0 Å². The molecule has 0 bridgehead atoms. The molecule has 0 spiro atoms. The highest BCUT2D eigenvalue weighted by Crippen LogP contribution is 2.31. The summed E-state index contributed by atoms with van der Waals surface area (Å²) >= 11 is 4.85. The molecule has 1 aromatic carbocycles. The highest BCUT2D eigenvalue weighted by atomic mass is 79.9. The fourth-order valence-electron chi connectivity index (χ4n) is 2.05. The average Bonchev–Trinajstić information content (AvgIpc) is 3.06. The Hall–Kier alpha value is -1.92. The maximum Gasteiger partial charge on any atom is 0.339 e. The van der Waals surface area contributed by atoms with Gasteiger partial charge in [0, 0.05) is 16.0 Å². The molecule has 2 aromatic heterocycles. The Labute approximate surface area is 133 Å². The number of carboxylic acid groups (broad SMARTS) is 1. The van der Waals surface area contributed by atoms with Gasteiger partial charge in [-0.15, -0.1) is 11.3 Å². The molecule has 1 N–H and O–H groups in total. The molecule has 0 saturated heterocycles. The molecule has 0 atom stereocenters. The standard InChI is InChI=1S/C15H11BrN2O2S/c16-11-6-13(21-9-11)14-12(15(19)20)8-18(17-14)7-10-4-2-1-3-5-10/h1-6,8-9H,7H2,(H,19,20). The van der Waals surface area contributed by atoms with E-state index in [-0.39, 0.29) is 5.56 Å². The molecule has 0 aliphatic carbocycles. The predicted molar refractivity (Wildman–Crippen MR) is 85.7 cm³/mol. The summed E-state index contributed by atoms with van der Waals surface area (Å²) in [4.78, 5) is 12.2. The fraction of sp³-hybridized carbons (Fsp3) is 0.0667. The third-order valence-corrected chi connectivity index (χ3v) is 4.68. The van der Waals surface area contributed by atoms with Crippen LogP contribution in [0.5, 0.6) is 0 Å². The van der Waals surface area contributed by atoms with Crippen molar-refractivity contribution in [3.05, 3.63) is 63.6 Å². The van der Waals surface area contributed by atoms with E-state index < -0.39 is 5.97 Å². The number of rotatable bonds is 4. The molecule has 106 valence electrons. The minimum Gasteiger partial charge on any atom is -0.478 e. The molecule has 21 heavy (non-hydrogen) atoms. The second-order valence-electron chi connectivity index (χ2n) is 4.51. The highest BCUT2D eigenvalue weighted by Gasteiger charge is 2.18. The number of halogens is 1. The second-order valence-corrected chi connectivity index (χ2v) is 6.34. The number of aromatic nitrogens is 2. The van der Waals surface area contributed by atoms with Crippen LogP contribution in [0.15, 0.2) is 52.4 Å². The average molecular weight is 363 g/mol. The molecule has 0 aliphatic rings. The van der Waals surface area contributed by atoms with Crippen LogP contribution in [0.4, 0.5) is 0 Å².